The van der Waals surface area contributed by atoms with Gasteiger partial charge in [0, 0.05) is 52.1 Å². The van der Waals surface area contributed by atoms with E-state index in [0.717, 1.165) is 51.3 Å². The smallest absolute Gasteiger partial charge is 0.203 e. The minimum atomic E-state index is 0.556. The quantitative estimate of drug-likeness (QED) is 0.600. The van der Waals surface area contributed by atoms with E-state index in [1.807, 2.05) is 30.3 Å². The number of nitrogens with zero attached hydrogens (tertiary/aromatic N) is 3. The molecule has 6 nitrogen and oxygen atoms in total. The van der Waals surface area contributed by atoms with Gasteiger partial charge in [-0.3, -0.25) is 9.80 Å². The second-order valence-corrected chi connectivity index (χ2v) is 7.44. The molecule has 6 heteroatoms. The Hall–Kier alpha value is -2.75. The third-order valence-electron chi connectivity index (χ3n) is 5.41. The first-order valence-corrected chi connectivity index (χ1v) is 10.5. The van der Waals surface area contributed by atoms with Gasteiger partial charge >= 0.3 is 0 Å². The van der Waals surface area contributed by atoms with Crippen molar-refractivity contribution in [3.05, 3.63) is 53.6 Å². The summed E-state index contributed by atoms with van der Waals surface area (Å²) < 4.78 is 17.3. The van der Waals surface area contributed by atoms with E-state index in [2.05, 4.69) is 28.0 Å². The van der Waals surface area contributed by atoms with E-state index >= 15 is 0 Å². The number of methoxy groups -OCH3 is 2. The largest absolute Gasteiger partial charge is 0.493 e. The summed E-state index contributed by atoms with van der Waals surface area (Å²) in [6.07, 6.45) is 1.42. The molecular formula is C24H31N3O3. The fourth-order valence-electron chi connectivity index (χ4n) is 3.72. The van der Waals surface area contributed by atoms with Crippen molar-refractivity contribution in [1.29, 1.82) is 5.26 Å². The zero-order valence-electron chi connectivity index (χ0n) is 18.0. The van der Waals surface area contributed by atoms with Crippen molar-refractivity contribution in [1.82, 2.24) is 9.80 Å². The number of hydrogen-bond donors (Lipinski definition) is 0. The van der Waals surface area contributed by atoms with E-state index in [0.29, 0.717) is 30.3 Å². The molecule has 1 fully saturated rings. The van der Waals surface area contributed by atoms with Crippen LogP contribution in [0.4, 0.5) is 0 Å². The Morgan fingerprint density at radius 2 is 1.53 bits per heavy atom. The molecule has 2 aromatic carbocycles. The summed E-state index contributed by atoms with van der Waals surface area (Å²) in [4.78, 5) is 4.78. The molecule has 0 N–H and O–H groups in total. The van der Waals surface area contributed by atoms with E-state index in [-0.39, 0.29) is 0 Å². The maximum atomic E-state index is 8.76. The van der Waals surface area contributed by atoms with Gasteiger partial charge in [0.25, 0.3) is 0 Å². The van der Waals surface area contributed by atoms with Gasteiger partial charge in [0.2, 0.25) is 5.75 Å². The molecule has 0 amide bonds. The molecule has 3 rings (SSSR count). The van der Waals surface area contributed by atoms with E-state index in [1.54, 1.807) is 14.2 Å². The van der Waals surface area contributed by atoms with E-state index in [4.69, 9.17) is 19.5 Å². The van der Waals surface area contributed by atoms with Gasteiger partial charge in [0.1, 0.15) is 0 Å². The first-order valence-electron chi connectivity index (χ1n) is 10.5. The summed E-state index contributed by atoms with van der Waals surface area (Å²) in [5.74, 6) is 2.05. The third kappa shape index (κ3) is 6.12. The summed E-state index contributed by atoms with van der Waals surface area (Å²) in [7, 11) is 3.33. The van der Waals surface area contributed by atoms with Crippen molar-refractivity contribution in [2.24, 2.45) is 0 Å². The van der Waals surface area contributed by atoms with Crippen molar-refractivity contribution in [3.8, 4) is 23.3 Å². The molecule has 1 aliphatic rings. The first kappa shape index (κ1) is 21.9. The van der Waals surface area contributed by atoms with Crippen LogP contribution in [0.1, 0.15) is 17.5 Å². The van der Waals surface area contributed by atoms with Crippen LogP contribution >= 0.6 is 0 Å². The predicted molar refractivity (Wildman–Crippen MR) is 117 cm³/mol. The van der Waals surface area contributed by atoms with E-state index < -0.39 is 0 Å². The number of nitriles is 1. The fourth-order valence-corrected chi connectivity index (χ4v) is 3.72. The number of rotatable bonds is 10. The molecule has 0 radical (unpaired) electrons. The van der Waals surface area contributed by atoms with Crippen LogP contribution in [-0.2, 0) is 13.0 Å². The molecule has 0 unspecified atom stereocenters. The first-order chi connectivity index (χ1) is 14.7. The molecular weight excluding hydrogens is 378 g/mol. The van der Waals surface area contributed by atoms with Crippen LogP contribution < -0.4 is 14.2 Å². The molecule has 1 aliphatic heterocycles. The monoisotopic (exact) mass is 409 g/mol. The Balaban J connectivity index is 1.61. The average molecular weight is 410 g/mol. The lowest BCUT2D eigenvalue weighted by Gasteiger charge is -2.34. The fraction of sp³-hybridized carbons (Fsp3) is 0.458. The highest BCUT2D eigenvalue weighted by atomic mass is 16.5. The van der Waals surface area contributed by atoms with Crippen LogP contribution in [0, 0.1) is 11.3 Å². The number of ether oxygens (including phenoxy) is 3. The van der Waals surface area contributed by atoms with Gasteiger partial charge in [-0.15, -0.1) is 0 Å². The molecule has 0 bridgehead atoms. The van der Waals surface area contributed by atoms with Crippen molar-refractivity contribution in [2.45, 2.75) is 19.4 Å². The summed E-state index contributed by atoms with van der Waals surface area (Å²) in [5.41, 5.74) is 2.38. The van der Waals surface area contributed by atoms with E-state index in [9.17, 15) is 0 Å². The maximum Gasteiger partial charge on any atom is 0.203 e. The summed E-state index contributed by atoms with van der Waals surface area (Å²) in [6.45, 7) is 6.23. The number of benzene rings is 2. The van der Waals surface area contributed by atoms with Crippen molar-refractivity contribution < 1.29 is 14.2 Å². The Labute approximate surface area is 179 Å². The Morgan fingerprint density at radius 1 is 0.900 bits per heavy atom. The van der Waals surface area contributed by atoms with Gasteiger partial charge < -0.3 is 14.2 Å². The normalized spacial score (nSPS) is 14.8. The summed E-state index contributed by atoms with van der Waals surface area (Å²) in [5, 5.41) is 8.76. The van der Waals surface area contributed by atoms with Crippen LogP contribution in [0.25, 0.3) is 0 Å². The highest BCUT2D eigenvalue weighted by Crippen LogP contribution is 2.39. The maximum absolute atomic E-state index is 8.76. The van der Waals surface area contributed by atoms with Gasteiger partial charge in [-0.2, -0.15) is 5.26 Å². The number of hydrogen-bond acceptors (Lipinski definition) is 6. The summed E-state index contributed by atoms with van der Waals surface area (Å²) >= 11 is 0. The lowest BCUT2D eigenvalue weighted by Crippen LogP contribution is -2.46. The zero-order valence-corrected chi connectivity index (χ0v) is 18.0. The highest BCUT2D eigenvalue weighted by Gasteiger charge is 2.19. The van der Waals surface area contributed by atoms with Crippen LogP contribution in [0.2, 0.25) is 0 Å². The Bertz CT molecular complexity index is 802. The molecule has 0 aromatic heterocycles. The molecule has 0 spiro atoms. The van der Waals surface area contributed by atoms with Crippen molar-refractivity contribution in [3.63, 3.8) is 0 Å². The predicted octanol–water partition coefficient (Wildman–Crippen LogP) is 3.36. The van der Waals surface area contributed by atoms with Crippen LogP contribution in [-0.4, -0.2) is 63.4 Å². The Morgan fingerprint density at radius 3 is 2.13 bits per heavy atom. The highest BCUT2D eigenvalue weighted by molar-refractivity contribution is 5.54. The van der Waals surface area contributed by atoms with Crippen LogP contribution in [0.3, 0.4) is 0 Å². The molecule has 1 heterocycles. The van der Waals surface area contributed by atoms with E-state index in [1.165, 1.54) is 5.56 Å². The Kier molecular flexibility index (Phi) is 8.37. The average Bonchev–Trinajstić information content (AvgIpc) is 2.79. The molecule has 1 saturated heterocycles. The third-order valence-corrected chi connectivity index (χ3v) is 5.41. The lowest BCUT2D eigenvalue weighted by atomic mass is 10.1. The van der Waals surface area contributed by atoms with Crippen molar-refractivity contribution >= 4 is 0 Å². The molecule has 0 aliphatic carbocycles. The minimum absolute atomic E-state index is 0.556. The summed E-state index contributed by atoms with van der Waals surface area (Å²) in [6, 6.07) is 16.6. The molecule has 0 atom stereocenters. The molecule has 30 heavy (non-hydrogen) atoms. The van der Waals surface area contributed by atoms with Crippen molar-refractivity contribution in [2.75, 3.05) is 53.6 Å². The second kappa shape index (κ2) is 11.4. The van der Waals surface area contributed by atoms with Gasteiger partial charge in [-0.05, 0) is 23.3 Å². The SMILES string of the molecule is COc1cc(CN2CCN(CCC#N)CC2)cc(OC)c1OCCc1ccccc1. The molecule has 160 valence electrons. The topological polar surface area (TPSA) is 58.0 Å². The van der Waals surface area contributed by atoms with Crippen LogP contribution in [0.5, 0.6) is 17.2 Å². The van der Waals surface area contributed by atoms with Gasteiger partial charge in [-0.25, -0.2) is 0 Å². The minimum Gasteiger partial charge on any atom is -0.493 e. The lowest BCUT2D eigenvalue weighted by molar-refractivity contribution is 0.129. The van der Waals surface area contributed by atoms with Gasteiger partial charge in [0.05, 0.1) is 26.9 Å². The number of piperazine rings is 1. The van der Waals surface area contributed by atoms with Crippen LogP contribution in [0.15, 0.2) is 42.5 Å². The van der Waals surface area contributed by atoms with Gasteiger partial charge in [0.15, 0.2) is 11.5 Å². The molecule has 2 aromatic rings. The molecule has 0 saturated carbocycles. The second-order valence-electron chi connectivity index (χ2n) is 7.44. The standard InChI is InChI=1S/C24H31N3O3/c1-28-22-17-21(19-27-14-12-26(13-15-27)11-6-10-25)18-23(29-2)24(22)30-16-9-20-7-4-3-5-8-20/h3-5,7-8,17-18H,6,9,11-16,19H2,1-2H3. The van der Waals surface area contributed by atoms with Gasteiger partial charge in [-0.1, -0.05) is 30.3 Å². The zero-order chi connectivity index (χ0) is 21.2.